The Bertz CT molecular complexity index is 284. The second-order valence-electron chi connectivity index (χ2n) is 3.34. The Balaban J connectivity index is 2.72. The van der Waals surface area contributed by atoms with Gasteiger partial charge in [0, 0.05) is 0 Å². The van der Waals surface area contributed by atoms with Crippen LogP contribution in [0.4, 0.5) is 11.6 Å². The Morgan fingerprint density at radius 1 is 1.36 bits per heavy atom. The summed E-state index contributed by atoms with van der Waals surface area (Å²) in [7, 11) is 0. The van der Waals surface area contributed by atoms with E-state index in [0.717, 1.165) is 0 Å². The summed E-state index contributed by atoms with van der Waals surface area (Å²) in [6, 6.07) is 0. The monoisotopic (exact) mass is 198 g/mol. The maximum Gasteiger partial charge on any atom is 0.223 e. The van der Waals surface area contributed by atoms with Crippen molar-refractivity contribution >= 4 is 11.6 Å². The van der Waals surface area contributed by atoms with E-state index in [1.807, 2.05) is 0 Å². The zero-order valence-corrected chi connectivity index (χ0v) is 7.94. The first kappa shape index (κ1) is 10.7. The fraction of sp³-hybridized carbons (Fsp3) is 0.500. The van der Waals surface area contributed by atoms with E-state index < -0.39 is 5.54 Å². The van der Waals surface area contributed by atoms with Crippen molar-refractivity contribution in [2.45, 2.75) is 12.5 Å². The van der Waals surface area contributed by atoms with Crippen molar-refractivity contribution in [2.75, 3.05) is 24.3 Å². The molecule has 0 spiro atoms. The average Bonchev–Trinajstić information content (AvgIpc) is 2.21. The van der Waals surface area contributed by atoms with E-state index >= 15 is 0 Å². The van der Waals surface area contributed by atoms with E-state index in [9.17, 15) is 0 Å². The number of hydrogen-bond acceptors (Lipinski definition) is 6. The Morgan fingerprint density at radius 2 is 1.86 bits per heavy atom. The molecule has 14 heavy (non-hydrogen) atoms. The van der Waals surface area contributed by atoms with Crippen molar-refractivity contribution in [1.82, 2.24) is 9.97 Å². The first-order chi connectivity index (χ1) is 6.59. The molecule has 0 amide bonds. The molecule has 0 aliphatic heterocycles. The van der Waals surface area contributed by atoms with Crippen LogP contribution in [0.2, 0.25) is 0 Å². The molecular weight excluding hydrogens is 184 g/mol. The van der Waals surface area contributed by atoms with E-state index in [1.54, 1.807) is 6.92 Å². The molecule has 6 heteroatoms. The molecule has 0 saturated carbocycles. The zero-order valence-electron chi connectivity index (χ0n) is 7.94. The molecule has 78 valence electrons. The van der Waals surface area contributed by atoms with Crippen molar-refractivity contribution in [2.24, 2.45) is 0 Å². The van der Waals surface area contributed by atoms with Gasteiger partial charge in [-0.3, -0.25) is 0 Å². The van der Waals surface area contributed by atoms with Crippen molar-refractivity contribution in [3.63, 3.8) is 0 Å². The van der Waals surface area contributed by atoms with Crippen LogP contribution in [0.15, 0.2) is 12.4 Å². The van der Waals surface area contributed by atoms with Crippen LogP contribution < -0.4 is 11.1 Å². The topological polar surface area (TPSA) is 104 Å². The molecule has 0 radical (unpaired) electrons. The standard InChI is InChI=1S/C8H14N4O2/c1-8(4-13,5-14)12-7-10-2-6(9)3-11-7/h2-3,13-14H,4-5,9H2,1H3,(H,10,11,12). The molecule has 5 N–H and O–H groups in total. The summed E-state index contributed by atoms with van der Waals surface area (Å²) < 4.78 is 0. The smallest absolute Gasteiger partial charge is 0.223 e. The third kappa shape index (κ3) is 2.54. The van der Waals surface area contributed by atoms with Gasteiger partial charge in [0.05, 0.1) is 36.8 Å². The molecule has 0 saturated heterocycles. The maximum absolute atomic E-state index is 9.00. The van der Waals surface area contributed by atoms with Gasteiger partial charge in [0.25, 0.3) is 0 Å². The van der Waals surface area contributed by atoms with Crippen LogP contribution in [0, 0.1) is 0 Å². The maximum atomic E-state index is 9.00. The quantitative estimate of drug-likeness (QED) is 0.505. The van der Waals surface area contributed by atoms with Gasteiger partial charge in [-0.25, -0.2) is 9.97 Å². The van der Waals surface area contributed by atoms with E-state index in [4.69, 9.17) is 15.9 Å². The number of hydrogen-bond donors (Lipinski definition) is 4. The minimum absolute atomic E-state index is 0.211. The molecular formula is C8H14N4O2. The highest BCUT2D eigenvalue weighted by molar-refractivity contribution is 5.37. The average molecular weight is 198 g/mol. The predicted molar refractivity (Wildman–Crippen MR) is 52.6 cm³/mol. The van der Waals surface area contributed by atoms with Crippen LogP contribution in [-0.4, -0.2) is 38.9 Å². The van der Waals surface area contributed by atoms with Gasteiger partial charge >= 0.3 is 0 Å². The molecule has 0 aliphatic rings. The van der Waals surface area contributed by atoms with Crippen molar-refractivity contribution in [1.29, 1.82) is 0 Å². The number of aliphatic hydroxyl groups excluding tert-OH is 2. The van der Waals surface area contributed by atoms with Crippen LogP contribution in [0.25, 0.3) is 0 Å². The van der Waals surface area contributed by atoms with E-state index in [-0.39, 0.29) is 13.2 Å². The molecule has 1 heterocycles. The fourth-order valence-electron chi connectivity index (χ4n) is 0.802. The molecule has 0 atom stereocenters. The fourth-order valence-corrected chi connectivity index (χ4v) is 0.802. The van der Waals surface area contributed by atoms with Gasteiger partial charge in [-0.1, -0.05) is 0 Å². The minimum Gasteiger partial charge on any atom is -0.396 e. The van der Waals surface area contributed by atoms with Gasteiger partial charge in [0.1, 0.15) is 0 Å². The van der Waals surface area contributed by atoms with E-state index in [0.29, 0.717) is 11.6 Å². The summed E-state index contributed by atoms with van der Waals surface area (Å²) in [5, 5.41) is 20.8. The lowest BCUT2D eigenvalue weighted by molar-refractivity contribution is 0.147. The Morgan fingerprint density at radius 3 is 2.29 bits per heavy atom. The first-order valence-electron chi connectivity index (χ1n) is 4.17. The largest absolute Gasteiger partial charge is 0.396 e. The van der Waals surface area contributed by atoms with Gasteiger partial charge in [0.15, 0.2) is 0 Å². The highest BCUT2D eigenvalue weighted by atomic mass is 16.3. The van der Waals surface area contributed by atoms with Crippen LogP contribution in [0.1, 0.15) is 6.92 Å². The molecule has 0 aromatic carbocycles. The molecule has 1 aromatic heterocycles. The number of nitrogens with zero attached hydrogens (tertiary/aromatic N) is 2. The lowest BCUT2D eigenvalue weighted by Gasteiger charge is -2.25. The number of aliphatic hydroxyl groups is 2. The number of nitrogen functional groups attached to an aromatic ring is 1. The third-order valence-corrected chi connectivity index (χ3v) is 1.78. The molecule has 0 fully saturated rings. The van der Waals surface area contributed by atoms with Gasteiger partial charge in [0.2, 0.25) is 5.95 Å². The highest BCUT2D eigenvalue weighted by Gasteiger charge is 2.22. The normalized spacial score (nSPS) is 11.4. The Kier molecular flexibility index (Phi) is 3.21. The van der Waals surface area contributed by atoms with Crippen LogP contribution in [0.5, 0.6) is 0 Å². The number of anilines is 2. The number of nitrogens with two attached hydrogens (primary N) is 1. The van der Waals surface area contributed by atoms with E-state index in [1.165, 1.54) is 12.4 Å². The highest BCUT2D eigenvalue weighted by Crippen LogP contribution is 2.10. The molecule has 1 aromatic rings. The SMILES string of the molecule is CC(CO)(CO)Nc1ncc(N)cn1. The van der Waals surface area contributed by atoms with Crippen molar-refractivity contribution in [3.05, 3.63) is 12.4 Å². The lowest BCUT2D eigenvalue weighted by atomic mass is 10.1. The molecule has 0 aliphatic carbocycles. The number of nitrogens with one attached hydrogen (secondary N) is 1. The zero-order chi connectivity index (χ0) is 10.6. The second kappa shape index (κ2) is 4.21. The molecule has 0 unspecified atom stereocenters. The van der Waals surface area contributed by atoms with E-state index in [2.05, 4.69) is 15.3 Å². The lowest BCUT2D eigenvalue weighted by Crippen LogP contribution is -2.43. The van der Waals surface area contributed by atoms with Crippen LogP contribution in [-0.2, 0) is 0 Å². The van der Waals surface area contributed by atoms with Gasteiger partial charge in [-0.15, -0.1) is 0 Å². The van der Waals surface area contributed by atoms with Crippen molar-refractivity contribution in [3.8, 4) is 0 Å². The van der Waals surface area contributed by atoms with Gasteiger partial charge in [-0.05, 0) is 6.92 Å². The third-order valence-electron chi connectivity index (χ3n) is 1.78. The minimum atomic E-state index is -0.823. The predicted octanol–water partition coefficient (Wildman–Crippen LogP) is -0.786. The second-order valence-corrected chi connectivity index (χ2v) is 3.34. The van der Waals surface area contributed by atoms with Crippen LogP contribution >= 0.6 is 0 Å². The summed E-state index contributed by atoms with van der Waals surface area (Å²) in [6.07, 6.45) is 2.90. The molecule has 6 nitrogen and oxygen atoms in total. The summed E-state index contributed by atoms with van der Waals surface area (Å²) in [6.45, 7) is 1.24. The van der Waals surface area contributed by atoms with Crippen molar-refractivity contribution < 1.29 is 10.2 Å². The molecule has 0 bridgehead atoms. The van der Waals surface area contributed by atoms with Crippen LogP contribution in [0.3, 0.4) is 0 Å². The van der Waals surface area contributed by atoms with Gasteiger partial charge < -0.3 is 21.3 Å². The summed E-state index contributed by atoms with van der Waals surface area (Å²) in [4.78, 5) is 7.78. The first-order valence-corrected chi connectivity index (χ1v) is 4.17. The summed E-state index contributed by atoms with van der Waals surface area (Å²) >= 11 is 0. The summed E-state index contributed by atoms with van der Waals surface area (Å²) in [5.41, 5.74) is 5.04. The summed E-state index contributed by atoms with van der Waals surface area (Å²) in [5.74, 6) is 0.324. The van der Waals surface area contributed by atoms with Gasteiger partial charge in [-0.2, -0.15) is 0 Å². The number of aromatic nitrogens is 2. The molecule has 1 rings (SSSR count). The number of rotatable bonds is 4. The Hall–Kier alpha value is -1.40. The Labute approximate surface area is 81.8 Å².